The van der Waals surface area contributed by atoms with Gasteiger partial charge in [-0.2, -0.15) is 0 Å². The maximum Gasteiger partial charge on any atom is 0.257 e. The molecule has 2 aromatic carbocycles. The molecule has 148 valence electrons. The number of halogens is 4. The fourth-order valence-corrected chi connectivity index (χ4v) is 3.27. The molecule has 0 saturated carbocycles. The number of nitrogens with zero attached hydrogens (tertiary/aromatic N) is 2. The molecule has 28 heavy (non-hydrogen) atoms. The van der Waals surface area contributed by atoms with Crippen LogP contribution >= 0.6 is 11.6 Å². The predicted molar refractivity (Wildman–Crippen MR) is 98.6 cm³/mol. The lowest BCUT2D eigenvalue weighted by atomic mass is 10.1. The Morgan fingerprint density at radius 1 is 0.857 bits per heavy atom. The SMILES string of the molecule is O=C(CCc1ccc(F)c(F)c1)N1CCN(C(=O)c2cc(Cl)ccc2F)CC1. The zero-order valence-electron chi connectivity index (χ0n) is 14.9. The molecule has 1 saturated heterocycles. The summed E-state index contributed by atoms with van der Waals surface area (Å²) in [7, 11) is 0. The van der Waals surface area contributed by atoms with E-state index in [1.165, 1.54) is 23.1 Å². The molecule has 2 aromatic rings. The van der Waals surface area contributed by atoms with E-state index >= 15 is 0 Å². The summed E-state index contributed by atoms with van der Waals surface area (Å²) >= 11 is 5.83. The minimum atomic E-state index is -0.940. The maximum absolute atomic E-state index is 13.9. The lowest BCUT2D eigenvalue weighted by Gasteiger charge is -2.35. The van der Waals surface area contributed by atoms with E-state index in [0.29, 0.717) is 25.1 Å². The molecular weight excluding hydrogens is 393 g/mol. The van der Waals surface area contributed by atoms with E-state index in [4.69, 9.17) is 11.6 Å². The molecule has 2 amide bonds. The number of hydrogen-bond donors (Lipinski definition) is 0. The third-order valence-corrected chi connectivity index (χ3v) is 4.93. The largest absolute Gasteiger partial charge is 0.339 e. The molecule has 1 fully saturated rings. The number of carbonyl (C=O) groups excluding carboxylic acids is 2. The number of amides is 2. The van der Waals surface area contributed by atoms with E-state index in [1.54, 1.807) is 4.90 Å². The first-order valence-corrected chi connectivity index (χ1v) is 9.19. The lowest BCUT2D eigenvalue weighted by Crippen LogP contribution is -2.50. The van der Waals surface area contributed by atoms with E-state index in [9.17, 15) is 22.8 Å². The second-order valence-corrected chi connectivity index (χ2v) is 6.98. The molecule has 0 N–H and O–H groups in total. The van der Waals surface area contributed by atoms with Crippen LogP contribution < -0.4 is 0 Å². The molecule has 3 rings (SSSR count). The molecule has 1 aliphatic rings. The van der Waals surface area contributed by atoms with Crippen molar-refractivity contribution in [1.29, 1.82) is 0 Å². The number of carbonyl (C=O) groups is 2. The molecule has 0 aromatic heterocycles. The topological polar surface area (TPSA) is 40.6 Å². The van der Waals surface area contributed by atoms with E-state index in [0.717, 1.165) is 18.2 Å². The predicted octanol–water partition coefficient (Wildman–Crippen LogP) is 3.67. The third kappa shape index (κ3) is 4.65. The normalized spacial score (nSPS) is 14.3. The van der Waals surface area contributed by atoms with Gasteiger partial charge in [-0.3, -0.25) is 9.59 Å². The Morgan fingerprint density at radius 3 is 2.18 bits per heavy atom. The molecule has 0 spiro atoms. The van der Waals surface area contributed by atoms with Gasteiger partial charge in [-0.25, -0.2) is 13.2 Å². The standard InChI is InChI=1S/C20H18ClF3N2O2/c21-14-3-5-16(22)15(12-14)20(28)26-9-7-25(8-10-26)19(27)6-2-13-1-4-17(23)18(24)11-13/h1,3-5,11-12H,2,6-10H2. The Hall–Kier alpha value is -2.54. The summed E-state index contributed by atoms with van der Waals surface area (Å²) in [6.07, 6.45) is 0.449. The molecule has 1 heterocycles. The van der Waals surface area contributed by atoms with Crippen LogP contribution in [0.2, 0.25) is 5.02 Å². The zero-order valence-corrected chi connectivity index (χ0v) is 15.7. The van der Waals surface area contributed by atoms with Gasteiger partial charge in [0.05, 0.1) is 5.56 Å². The summed E-state index contributed by atoms with van der Waals surface area (Å²) in [6.45, 7) is 1.21. The minimum Gasteiger partial charge on any atom is -0.339 e. The van der Waals surface area contributed by atoms with Crippen molar-refractivity contribution in [2.45, 2.75) is 12.8 Å². The maximum atomic E-state index is 13.9. The highest BCUT2D eigenvalue weighted by Crippen LogP contribution is 2.18. The second-order valence-electron chi connectivity index (χ2n) is 6.55. The van der Waals surface area contributed by atoms with Crippen LogP contribution in [0.3, 0.4) is 0 Å². The van der Waals surface area contributed by atoms with Gasteiger partial charge in [-0.15, -0.1) is 0 Å². The highest BCUT2D eigenvalue weighted by atomic mass is 35.5. The van der Waals surface area contributed by atoms with Crippen LogP contribution in [0.1, 0.15) is 22.3 Å². The average molecular weight is 411 g/mol. The smallest absolute Gasteiger partial charge is 0.257 e. The van der Waals surface area contributed by atoms with E-state index < -0.39 is 23.4 Å². The summed E-state index contributed by atoms with van der Waals surface area (Å²) < 4.78 is 40.0. The van der Waals surface area contributed by atoms with Crippen LogP contribution in [0.4, 0.5) is 13.2 Å². The van der Waals surface area contributed by atoms with Crippen LogP contribution in [0.25, 0.3) is 0 Å². The van der Waals surface area contributed by atoms with E-state index in [-0.39, 0.29) is 36.0 Å². The average Bonchev–Trinajstić information content (AvgIpc) is 2.70. The molecule has 1 aliphatic heterocycles. The molecule has 8 heteroatoms. The highest BCUT2D eigenvalue weighted by molar-refractivity contribution is 6.31. The van der Waals surface area contributed by atoms with Crippen LogP contribution in [-0.2, 0) is 11.2 Å². The summed E-state index contributed by atoms with van der Waals surface area (Å²) in [5, 5.41) is 0.274. The fourth-order valence-electron chi connectivity index (χ4n) is 3.10. The summed E-state index contributed by atoms with van der Waals surface area (Å²) in [4.78, 5) is 27.9. The molecule has 0 aliphatic carbocycles. The summed E-state index contributed by atoms with van der Waals surface area (Å²) in [5.74, 6) is -3.10. The molecule has 0 radical (unpaired) electrons. The van der Waals surface area contributed by atoms with Crippen LogP contribution in [-0.4, -0.2) is 47.8 Å². The van der Waals surface area contributed by atoms with Gasteiger partial charge in [-0.05, 0) is 42.3 Å². The van der Waals surface area contributed by atoms with E-state index in [2.05, 4.69) is 0 Å². The van der Waals surface area contributed by atoms with Gasteiger partial charge in [0.1, 0.15) is 5.82 Å². The number of hydrogen-bond acceptors (Lipinski definition) is 2. The Balaban J connectivity index is 1.53. The Bertz CT molecular complexity index is 899. The van der Waals surface area contributed by atoms with Gasteiger partial charge in [0.2, 0.25) is 5.91 Å². The minimum absolute atomic E-state index is 0.0920. The third-order valence-electron chi connectivity index (χ3n) is 4.69. The van der Waals surface area contributed by atoms with Gasteiger partial charge in [-0.1, -0.05) is 17.7 Å². The van der Waals surface area contributed by atoms with Crippen LogP contribution in [0.15, 0.2) is 36.4 Å². The van der Waals surface area contributed by atoms with Gasteiger partial charge < -0.3 is 9.80 Å². The first kappa shape index (κ1) is 20.2. The quantitative estimate of drug-likeness (QED) is 0.771. The first-order valence-electron chi connectivity index (χ1n) is 8.81. The van der Waals surface area contributed by atoms with Crippen molar-refractivity contribution in [3.8, 4) is 0 Å². The molecule has 4 nitrogen and oxygen atoms in total. The molecular formula is C20H18ClF3N2O2. The van der Waals surface area contributed by atoms with Gasteiger partial charge in [0, 0.05) is 37.6 Å². The van der Waals surface area contributed by atoms with Crippen molar-refractivity contribution >= 4 is 23.4 Å². The number of piperazine rings is 1. The molecule has 0 unspecified atom stereocenters. The number of rotatable bonds is 4. The Labute approximate surface area is 165 Å². The van der Waals surface area contributed by atoms with E-state index in [1.807, 2.05) is 0 Å². The molecule has 0 bridgehead atoms. The fraction of sp³-hybridized carbons (Fsp3) is 0.300. The monoisotopic (exact) mass is 410 g/mol. The van der Waals surface area contributed by atoms with Crippen LogP contribution in [0.5, 0.6) is 0 Å². The van der Waals surface area contributed by atoms with Crippen molar-refractivity contribution < 1.29 is 22.8 Å². The Morgan fingerprint density at radius 2 is 1.50 bits per heavy atom. The summed E-state index contributed by atoms with van der Waals surface area (Å²) in [6, 6.07) is 7.37. The Kier molecular flexibility index (Phi) is 6.24. The van der Waals surface area contributed by atoms with Crippen molar-refractivity contribution in [3.05, 3.63) is 70.0 Å². The molecule has 0 atom stereocenters. The summed E-state index contributed by atoms with van der Waals surface area (Å²) in [5.41, 5.74) is 0.447. The number of benzene rings is 2. The van der Waals surface area contributed by atoms with Gasteiger partial charge in [0.25, 0.3) is 5.91 Å². The first-order chi connectivity index (χ1) is 13.3. The second kappa shape index (κ2) is 8.65. The van der Waals surface area contributed by atoms with Gasteiger partial charge in [0.15, 0.2) is 11.6 Å². The van der Waals surface area contributed by atoms with Crippen LogP contribution in [0, 0.1) is 17.5 Å². The van der Waals surface area contributed by atoms with Crippen molar-refractivity contribution in [2.75, 3.05) is 26.2 Å². The lowest BCUT2D eigenvalue weighted by molar-refractivity contribution is -0.132. The van der Waals surface area contributed by atoms with Crippen molar-refractivity contribution in [1.82, 2.24) is 9.80 Å². The zero-order chi connectivity index (χ0) is 20.3. The van der Waals surface area contributed by atoms with Crippen molar-refractivity contribution in [2.24, 2.45) is 0 Å². The van der Waals surface area contributed by atoms with Gasteiger partial charge >= 0.3 is 0 Å². The van der Waals surface area contributed by atoms with Crippen molar-refractivity contribution in [3.63, 3.8) is 0 Å². The number of aryl methyl sites for hydroxylation is 1. The highest BCUT2D eigenvalue weighted by Gasteiger charge is 2.26.